The molecule has 0 unspecified atom stereocenters. The van der Waals surface area contributed by atoms with E-state index >= 15 is 0 Å². The lowest BCUT2D eigenvalue weighted by Crippen LogP contribution is -2.32. The number of unbranched alkanes of at least 4 members (excludes halogenated alkanes) is 2. The minimum atomic E-state index is 0.178. The van der Waals surface area contributed by atoms with Gasteiger partial charge < -0.3 is 30.4 Å². The number of hydrogen-bond acceptors (Lipinski definition) is 6. The van der Waals surface area contributed by atoms with Crippen LogP contribution in [0.5, 0.6) is 0 Å². The maximum Gasteiger partial charge on any atom is 0.222 e. The van der Waals surface area contributed by atoms with E-state index in [1.165, 1.54) is 22.3 Å². The highest BCUT2D eigenvalue weighted by Crippen LogP contribution is 2.38. The SMILES string of the molecule is CCNCCCCN(CC)C(=O)CCC1=C(C)c2cc3[nH]c(cc4[nH]c(cc5nc(cc1n2)C(CCC(=O)N(CC)CCCCNCC)=C5C)c(CC)c4C)c(CC)c3C. The van der Waals surface area contributed by atoms with Crippen molar-refractivity contribution in [3.8, 4) is 0 Å². The predicted octanol–water partition coefficient (Wildman–Crippen LogP) is 9.95. The van der Waals surface area contributed by atoms with Crippen LogP contribution in [0.2, 0.25) is 0 Å². The van der Waals surface area contributed by atoms with Crippen LogP contribution in [-0.2, 0) is 22.4 Å². The fraction of sp³-hybridized carbons (Fsp3) is 0.560. The summed E-state index contributed by atoms with van der Waals surface area (Å²) in [6.07, 6.45) is 7.87. The molecule has 5 heterocycles. The third-order valence-corrected chi connectivity index (χ3v) is 12.7. The second-order valence-electron chi connectivity index (χ2n) is 16.4. The smallest absolute Gasteiger partial charge is 0.222 e. The Morgan fingerprint density at radius 3 is 1.38 bits per heavy atom. The number of carbonyl (C=O) groups is 2. The molecule has 2 amide bonds. The topological polar surface area (TPSA) is 122 Å². The maximum atomic E-state index is 13.8. The molecule has 60 heavy (non-hydrogen) atoms. The lowest BCUT2D eigenvalue weighted by molar-refractivity contribution is -0.131. The van der Waals surface area contributed by atoms with E-state index < -0.39 is 0 Å². The number of aromatic amines is 2. The van der Waals surface area contributed by atoms with Crippen LogP contribution in [0.4, 0.5) is 0 Å². The van der Waals surface area contributed by atoms with Gasteiger partial charge in [0.1, 0.15) is 0 Å². The fourth-order valence-corrected chi connectivity index (χ4v) is 8.92. The number of amides is 2. The van der Waals surface area contributed by atoms with Crippen molar-refractivity contribution in [3.63, 3.8) is 0 Å². The Hall–Kier alpha value is -4.54. The quantitative estimate of drug-likeness (QED) is 0.0750. The van der Waals surface area contributed by atoms with Crippen LogP contribution in [0.15, 0.2) is 24.3 Å². The second-order valence-corrected chi connectivity index (χ2v) is 16.4. The summed E-state index contributed by atoms with van der Waals surface area (Å²) in [7, 11) is 0. The Balaban J connectivity index is 1.62. The van der Waals surface area contributed by atoms with Crippen molar-refractivity contribution in [2.24, 2.45) is 0 Å². The van der Waals surface area contributed by atoms with E-state index in [9.17, 15) is 9.59 Å². The van der Waals surface area contributed by atoms with Gasteiger partial charge in [-0.25, -0.2) is 9.97 Å². The Kier molecular flexibility index (Phi) is 17.3. The molecule has 0 saturated heterocycles. The highest BCUT2D eigenvalue weighted by molar-refractivity contribution is 5.97. The third-order valence-electron chi connectivity index (χ3n) is 12.7. The van der Waals surface area contributed by atoms with Gasteiger partial charge in [-0.05, 0) is 188 Å². The molecule has 0 aromatic carbocycles. The number of nitrogens with one attached hydrogen (secondary N) is 4. The molecule has 3 aromatic heterocycles. The van der Waals surface area contributed by atoms with Crippen LogP contribution < -0.4 is 10.6 Å². The van der Waals surface area contributed by atoms with Gasteiger partial charge in [0, 0.05) is 61.1 Å². The monoisotopic (exact) mass is 819 g/mol. The molecule has 2 aliphatic rings. The molecule has 10 nitrogen and oxygen atoms in total. The molecule has 10 heteroatoms. The average molecular weight is 819 g/mol. The van der Waals surface area contributed by atoms with Gasteiger partial charge in [0.15, 0.2) is 0 Å². The molecule has 0 fully saturated rings. The lowest BCUT2D eigenvalue weighted by Gasteiger charge is -2.21. The van der Waals surface area contributed by atoms with Gasteiger partial charge in [0.2, 0.25) is 11.8 Å². The van der Waals surface area contributed by atoms with Crippen LogP contribution in [0.1, 0.15) is 152 Å². The zero-order valence-corrected chi connectivity index (χ0v) is 38.6. The molecule has 3 aromatic rings. The number of aryl methyl sites for hydroxylation is 4. The van der Waals surface area contributed by atoms with E-state index in [0.717, 1.165) is 145 Å². The Morgan fingerprint density at radius 2 is 0.967 bits per heavy atom. The van der Waals surface area contributed by atoms with Crippen LogP contribution in [0, 0.1) is 13.8 Å². The lowest BCUT2D eigenvalue weighted by atomic mass is 9.97. The molecule has 4 N–H and O–H groups in total. The van der Waals surface area contributed by atoms with E-state index in [0.29, 0.717) is 38.8 Å². The summed E-state index contributed by atoms with van der Waals surface area (Å²) < 4.78 is 0. The Bertz CT molecular complexity index is 2210. The molecular formula is C50H74N8O2. The second kappa shape index (κ2) is 22.3. The summed E-state index contributed by atoms with van der Waals surface area (Å²) in [6.45, 7) is 28.3. The standard InChI is InChI=1S/C50H74N8O2/c1-11-37-33(7)41-29-42-35(9)39(21-23-49(59)57(15-5)27-19-17-25-51-13-3)47(55-42)32-48-40(22-24-50(60)58(16-6)28-20-18-26-52-14-4)36(10)44(56-48)31-46-38(12-2)34(8)43(54-46)30-45(37)53-41/h29-32,51-54H,11-28H2,1-10H3. The van der Waals surface area contributed by atoms with Gasteiger partial charge in [-0.15, -0.1) is 0 Å². The van der Waals surface area contributed by atoms with Gasteiger partial charge in [-0.1, -0.05) is 27.7 Å². The number of hydrogen-bond donors (Lipinski definition) is 4. The van der Waals surface area contributed by atoms with Crippen LogP contribution in [0.25, 0.3) is 44.4 Å². The Morgan fingerprint density at radius 1 is 0.550 bits per heavy atom. The van der Waals surface area contributed by atoms with Gasteiger partial charge in [0.05, 0.1) is 22.8 Å². The molecule has 2 aliphatic heterocycles. The summed E-state index contributed by atoms with van der Waals surface area (Å²) in [4.78, 5) is 49.7. The number of aromatic nitrogens is 4. The van der Waals surface area contributed by atoms with Crippen molar-refractivity contribution in [3.05, 3.63) is 69.3 Å². The molecule has 8 bridgehead atoms. The molecular weight excluding hydrogens is 745 g/mol. The summed E-state index contributed by atoms with van der Waals surface area (Å²) in [5.41, 5.74) is 17.2. The van der Waals surface area contributed by atoms with E-state index in [1.807, 2.05) is 9.80 Å². The number of carbonyl (C=O) groups excluding carboxylic acids is 2. The van der Waals surface area contributed by atoms with Gasteiger partial charge in [-0.2, -0.15) is 0 Å². The number of fused-ring (bicyclic) bond motifs is 8. The zero-order chi connectivity index (χ0) is 43.3. The van der Waals surface area contributed by atoms with Crippen molar-refractivity contribution in [2.75, 3.05) is 52.4 Å². The predicted molar refractivity (Wildman–Crippen MR) is 253 cm³/mol. The molecule has 0 spiro atoms. The van der Waals surface area contributed by atoms with E-state index in [-0.39, 0.29) is 11.8 Å². The van der Waals surface area contributed by atoms with Crippen molar-refractivity contribution in [1.82, 2.24) is 40.4 Å². The van der Waals surface area contributed by atoms with E-state index in [1.54, 1.807) is 0 Å². The van der Waals surface area contributed by atoms with E-state index in [2.05, 4.69) is 114 Å². The van der Waals surface area contributed by atoms with Gasteiger partial charge in [-0.3, -0.25) is 9.59 Å². The highest BCUT2D eigenvalue weighted by Gasteiger charge is 2.24. The van der Waals surface area contributed by atoms with Crippen molar-refractivity contribution < 1.29 is 9.59 Å². The summed E-state index contributed by atoms with van der Waals surface area (Å²) >= 11 is 0. The highest BCUT2D eigenvalue weighted by atomic mass is 16.2. The van der Waals surface area contributed by atoms with E-state index in [4.69, 9.17) is 9.97 Å². The molecule has 326 valence electrons. The van der Waals surface area contributed by atoms with Crippen LogP contribution in [-0.4, -0.2) is 93.9 Å². The van der Waals surface area contributed by atoms with Gasteiger partial charge in [0.25, 0.3) is 0 Å². The molecule has 0 saturated carbocycles. The third kappa shape index (κ3) is 11.0. The summed E-state index contributed by atoms with van der Waals surface area (Å²) in [5, 5.41) is 6.78. The molecule has 0 radical (unpaired) electrons. The first-order chi connectivity index (χ1) is 29.0. The minimum Gasteiger partial charge on any atom is -0.355 e. The number of H-pyrrole nitrogens is 2. The molecule has 0 aliphatic carbocycles. The van der Waals surface area contributed by atoms with Crippen LogP contribution >= 0.6 is 0 Å². The minimum absolute atomic E-state index is 0.178. The average Bonchev–Trinajstić information content (AvgIpc) is 3.90. The first-order valence-corrected chi connectivity index (χ1v) is 23.1. The number of allylic oxidation sites excluding steroid dienone is 4. The normalized spacial score (nSPS) is 12.8. The molecule has 0 atom stereocenters. The fourth-order valence-electron chi connectivity index (χ4n) is 8.92. The summed E-state index contributed by atoms with van der Waals surface area (Å²) in [6, 6.07) is 8.77. The Labute approximate surface area is 360 Å². The summed E-state index contributed by atoms with van der Waals surface area (Å²) in [5.74, 6) is 0.356. The molecule has 5 rings (SSSR count). The first kappa shape index (κ1) is 46.5. The van der Waals surface area contributed by atoms with Crippen LogP contribution in [0.3, 0.4) is 0 Å². The number of rotatable bonds is 22. The zero-order valence-electron chi connectivity index (χ0n) is 38.6. The maximum absolute atomic E-state index is 13.8. The van der Waals surface area contributed by atoms with Crippen molar-refractivity contribution in [1.29, 1.82) is 0 Å². The van der Waals surface area contributed by atoms with Gasteiger partial charge >= 0.3 is 0 Å². The first-order valence-electron chi connectivity index (χ1n) is 23.1. The van der Waals surface area contributed by atoms with Crippen molar-refractivity contribution >= 4 is 56.2 Å². The van der Waals surface area contributed by atoms with Crippen molar-refractivity contribution in [2.45, 2.75) is 133 Å². The number of nitrogens with zero attached hydrogens (tertiary/aromatic N) is 4. The largest absolute Gasteiger partial charge is 0.355 e.